The molecule has 0 saturated carbocycles. The van der Waals surface area contributed by atoms with E-state index in [4.69, 9.17) is 9.84 Å². The molecule has 3 aromatic carbocycles. The van der Waals surface area contributed by atoms with Gasteiger partial charge in [-0.15, -0.1) is 0 Å². The number of carboxylic acids is 1. The minimum absolute atomic E-state index is 0.00334. The topological polar surface area (TPSA) is 61.8 Å². The zero-order valence-electron chi connectivity index (χ0n) is 17.5. The van der Waals surface area contributed by atoms with Crippen LogP contribution in [0.4, 0.5) is 5.69 Å². The lowest BCUT2D eigenvalue weighted by molar-refractivity contribution is -0.136. The standard InChI is InChI=1S/C25H28N2O3/c1-17(21-9-5-7-19-6-3-4-8-22(19)21)26-20-12-13-27(16-20)23-11-10-18(15-25(28)29)14-24(23)30-2/h3-11,14,17,20,26H,12-13,15-16H2,1-2H3,(H,28,29)/t17-,20+/m1/s1. The van der Waals surface area contributed by atoms with Gasteiger partial charge in [0.2, 0.25) is 0 Å². The molecule has 4 rings (SSSR count). The minimum Gasteiger partial charge on any atom is -0.495 e. The summed E-state index contributed by atoms with van der Waals surface area (Å²) in [6, 6.07) is 21.3. The molecule has 0 amide bonds. The number of aliphatic carboxylic acids is 1. The van der Waals surface area contributed by atoms with Crippen molar-refractivity contribution in [2.75, 3.05) is 25.1 Å². The maximum absolute atomic E-state index is 11.0. The molecule has 0 unspecified atom stereocenters. The number of anilines is 1. The molecule has 0 aromatic heterocycles. The fourth-order valence-corrected chi connectivity index (χ4v) is 4.45. The lowest BCUT2D eigenvalue weighted by Crippen LogP contribution is -2.34. The number of nitrogens with zero attached hydrogens (tertiary/aromatic N) is 1. The van der Waals surface area contributed by atoms with E-state index in [1.165, 1.54) is 16.3 Å². The number of nitrogens with one attached hydrogen (secondary N) is 1. The fraction of sp³-hybridized carbons (Fsp3) is 0.320. The average Bonchev–Trinajstić information content (AvgIpc) is 3.20. The summed E-state index contributed by atoms with van der Waals surface area (Å²) in [6.07, 6.45) is 1.05. The Labute approximate surface area is 177 Å². The van der Waals surface area contributed by atoms with Gasteiger partial charge in [0.1, 0.15) is 5.75 Å². The molecule has 2 N–H and O–H groups in total. The van der Waals surface area contributed by atoms with Crippen molar-refractivity contribution < 1.29 is 14.6 Å². The molecule has 1 saturated heterocycles. The van der Waals surface area contributed by atoms with E-state index in [1.54, 1.807) is 7.11 Å². The largest absolute Gasteiger partial charge is 0.495 e. The molecule has 156 valence electrons. The van der Waals surface area contributed by atoms with E-state index in [-0.39, 0.29) is 12.5 Å². The Hall–Kier alpha value is -3.05. The highest BCUT2D eigenvalue weighted by Crippen LogP contribution is 2.33. The first-order valence-electron chi connectivity index (χ1n) is 10.4. The van der Waals surface area contributed by atoms with Crippen LogP contribution in [-0.4, -0.2) is 37.3 Å². The molecule has 5 heteroatoms. The van der Waals surface area contributed by atoms with Crippen LogP contribution in [0, 0.1) is 0 Å². The highest BCUT2D eigenvalue weighted by molar-refractivity contribution is 5.86. The third-order valence-corrected chi connectivity index (χ3v) is 5.90. The van der Waals surface area contributed by atoms with Crippen LogP contribution in [0.3, 0.4) is 0 Å². The summed E-state index contributed by atoms with van der Waals surface area (Å²) in [6.45, 7) is 4.06. The fourth-order valence-electron chi connectivity index (χ4n) is 4.45. The number of ether oxygens (including phenoxy) is 1. The normalized spacial score (nSPS) is 17.3. The first kappa shape index (κ1) is 20.2. The Balaban J connectivity index is 1.46. The van der Waals surface area contributed by atoms with E-state index in [0.717, 1.165) is 36.5 Å². The number of hydrogen-bond acceptors (Lipinski definition) is 4. The highest BCUT2D eigenvalue weighted by Gasteiger charge is 2.26. The monoisotopic (exact) mass is 404 g/mol. The molecule has 0 bridgehead atoms. The molecule has 1 heterocycles. The van der Waals surface area contributed by atoms with E-state index < -0.39 is 5.97 Å². The lowest BCUT2D eigenvalue weighted by Gasteiger charge is -2.24. The third kappa shape index (κ3) is 4.26. The van der Waals surface area contributed by atoms with Gasteiger partial charge in [0.05, 0.1) is 19.2 Å². The maximum atomic E-state index is 11.0. The summed E-state index contributed by atoms with van der Waals surface area (Å²) < 4.78 is 5.56. The van der Waals surface area contributed by atoms with Crippen molar-refractivity contribution >= 4 is 22.4 Å². The van der Waals surface area contributed by atoms with Crippen LogP contribution in [0.1, 0.15) is 30.5 Å². The van der Waals surface area contributed by atoms with E-state index >= 15 is 0 Å². The summed E-state index contributed by atoms with van der Waals surface area (Å²) in [5, 5.41) is 15.4. The highest BCUT2D eigenvalue weighted by atomic mass is 16.5. The molecule has 0 spiro atoms. The van der Waals surface area contributed by atoms with Gasteiger partial charge in [0.15, 0.2) is 0 Å². The number of rotatable bonds is 7. The molecule has 1 fully saturated rings. The number of carbonyl (C=O) groups is 1. The minimum atomic E-state index is -0.835. The summed E-state index contributed by atoms with van der Waals surface area (Å²) in [5.41, 5.74) is 3.09. The SMILES string of the molecule is COc1cc(CC(=O)O)ccc1N1CC[C@H](N[C@H](C)c2cccc3ccccc23)C1. The van der Waals surface area contributed by atoms with E-state index in [2.05, 4.69) is 59.6 Å². The third-order valence-electron chi connectivity index (χ3n) is 5.90. The van der Waals surface area contributed by atoms with Gasteiger partial charge in [0.25, 0.3) is 0 Å². The maximum Gasteiger partial charge on any atom is 0.307 e. The molecule has 1 aliphatic heterocycles. The van der Waals surface area contributed by atoms with Crippen molar-refractivity contribution in [3.63, 3.8) is 0 Å². The summed E-state index contributed by atoms with van der Waals surface area (Å²) >= 11 is 0. The van der Waals surface area contributed by atoms with Crippen LogP contribution >= 0.6 is 0 Å². The number of fused-ring (bicyclic) bond motifs is 1. The number of benzene rings is 3. The smallest absolute Gasteiger partial charge is 0.307 e. The van der Waals surface area contributed by atoms with Crippen molar-refractivity contribution in [2.45, 2.75) is 31.8 Å². The number of carboxylic acid groups (broad SMARTS) is 1. The van der Waals surface area contributed by atoms with Crippen LogP contribution in [0.2, 0.25) is 0 Å². The molecule has 30 heavy (non-hydrogen) atoms. The van der Waals surface area contributed by atoms with Gasteiger partial charge in [-0.1, -0.05) is 48.5 Å². The lowest BCUT2D eigenvalue weighted by atomic mass is 9.99. The quantitative estimate of drug-likeness (QED) is 0.611. The predicted octanol–water partition coefficient (Wildman–Crippen LogP) is 4.41. The first-order chi connectivity index (χ1) is 14.5. The molecule has 3 aromatic rings. The first-order valence-corrected chi connectivity index (χ1v) is 10.4. The van der Waals surface area contributed by atoms with Gasteiger partial charge in [-0.2, -0.15) is 0 Å². The zero-order chi connectivity index (χ0) is 21.1. The van der Waals surface area contributed by atoms with Crippen LogP contribution in [0.5, 0.6) is 5.75 Å². The predicted molar refractivity (Wildman–Crippen MR) is 120 cm³/mol. The van der Waals surface area contributed by atoms with Crippen LogP contribution < -0.4 is 15.0 Å². The van der Waals surface area contributed by atoms with Crippen molar-refractivity contribution in [1.82, 2.24) is 5.32 Å². The van der Waals surface area contributed by atoms with Crippen molar-refractivity contribution in [1.29, 1.82) is 0 Å². The summed E-state index contributed by atoms with van der Waals surface area (Å²) in [5.74, 6) is -0.103. The van der Waals surface area contributed by atoms with Crippen LogP contribution in [0.15, 0.2) is 60.7 Å². The van der Waals surface area contributed by atoms with Gasteiger partial charge in [-0.05, 0) is 47.4 Å². The van der Waals surface area contributed by atoms with Gasteiger partial charge in [-0.25, -0.2) is 0 Å². The molecule has 0 aliphatic carbocycles. The second-order valence-corrected chi connectivity index (χ2v) is 7.97. The second-order valence-electron chi connectivity index (χ2n) is 7.97. The average molecular weight is 405 g/mol. The molecular weight excluding hydrogens is 376 g/mol. The number of methoxy groups -OCH3 is 1. The van der Waals surface area contributed by atoms with Crippen LogP contribution in [-0.2, 0) is 11.2 Å². The Bertz CT molecular complexity index is 1040. The van der Waals surface area contributed by atoms with Crippen molar-refractivity contribution in [3.8, 4) is 5.75 Å². The molecule has 0 radical (unpaired) electrons. The molecular formula is C25H28N2O3. The van der Waals surface area contributed by atoms with Crippen LogP contribution in [0.25, 0.3) is 10.8 Å². The van der Waals surface area contributed by atoms with Gasteiger partial charge >= 0.3 is 5.97 Å². The molecule has 5 nitrogen and oxygen atoms in total. The van der Waals surface area contributed by atoms with E-state index in [1.807, 2.05) is 18.2 Å². The van der Waals surface area contributed by atoms with Gasteiger partial charge in [-0.3, -0.25) is 4.79 Å². The Morgan fingerprint density at radius 3 is 2.80 bits per heavy atom. The molecule has 1 aliphatic rings. The zero-order valence-corrected chi connectivity index (χ0v) is 17.5. The number of hydrogen-bond donors (Lipinski definition) is 2. The Morgan fingerprint density at radius 1 is 1.20 bits per heavy atom. The molecule has 2 atom stereocenters. The van der Waals surface area contributed by atoms with Gasteiger partial charge in [0, 0.05) is 25.2 Å². The Kier molecular flexibility index (Phi) is 5.91. The van der Waals surface area contributed by atoms with E-state index in [0.29, 0.717) is 6.04 Å². The summed E-state index contributed by atoms with van der Waals surface area (Å²) in [7, 11) is 1.64. The Morgan fingerprint density at radius 2 is 2.00 bits per heavy atom. The second kappa shape index (κ2) is 8.76. The summed E-state index contributed by atoms with van der Waals surface area (Å²) in [4.78, 5) is 13.3. The van der Waals surface area contributed by atoms with Crippen molar-refractivity contribution in [3.05, 3.63) is 71.8 Å². The van der Waals surface area contributed by atoms with Gasteiger partial charge < -0.3 is 20.1 Å². The van der Waals surface area contributed by atoms with Crippen molar-refractivity contribution in [2.24, 2.45) is 0 Å². The van der Waals surface area contributed by atoms with E-state index in [9.17, 15) is 4.79 Å².